The summed E-state index contributed by atoms with van der Waals surface area (Å²) in [6.45, 7) is 2.38. The molecule has 0 aliphatic carbocycles. The number of rotatable bonds is 10. The van der Waals surface area contributed by atoms with Gasteiger partial charge in [0.2, 0.25) is 11.8 Å². The van der Waals surface area contributed by atoms with E-state index in [1.165, 1.54) is 11.8 Å². The number of carbonyl (C=O) groups excluding carboxylic acids is 2. The van der Waals surface area contributed by atoms with Gasteiger partial charge in [-0.3, -0.25) is 9.59 Å². The zero-order valence-electron chi connectivity index (χ0n) is 19.3. The number of thioether (sulfide) groups is 1. The van der Waals surface area contributed by atoms with E-state index in [2.05, 4.69) is 5.32 Å². The number of halogens is 2. The van der Waals surface area contributed by atoms with Crippen LogP contribution in [0.5, 0.6) is 0 Å². The number of hydrogen-bond donors (Lipinski definition) is 1. The Bertz CT molecular complexity index is 1110. The first kappa shape index (κ1) is 26.1. The predicted octanol–water partition coefficient (Wildman–Crippen LogP) is 5.92. The lowest BCUT2D eigenvalue weighted by Gasteiger charge is -2.31. The Morgan fingerprint density at radius 3 is 2.24 bits per heavy atom. The first-order chi connectivity index (χ1) is 16.4. The lowest BCUT2D eigenvalue weighted by atomic mass is 10.0. The Morgan fingerprint density at radius 2 is 1.59 bits per heavy atom. The van der Waals surface area contributed by atoms with E-state index in [1.807, 2.05) is 73.7 Å². The molecule has 3 rings (SSSR count). The SMILES string of the molecule is CNC(=O)[C@H](Cc1ccccc1)N(Cc1ccc(C)cc1)C(=O)CSCc1ccc(Cl)c(Cl)c1. The Kier molecular flexibility index (Phi) is 9.87. The van der Waals surface area contributed by atoms with Gasteiger partial charge < -0.3 is 10.2 Å². The van der Waals surface area contributed by atoms with E-state index in [4.69, 9.17) is 23.2 Å². The van der Waals surface area contributed by atoms with Gasteiger partial charge in [0.15, 0.2) is 0 Å². The molecule has 4 nitrogen and oxygen atoms in total. The molecule has 7 heteroatoms. The number of nitrogens with one attached hydrogen (secondary N) is 1. The number of aryl methyl sites for hydroxylation is 1. The van der Waals surface area contributed by atoms with Crippen LogP contribution in [0.1, 0.15) is 22.3 Å². The zero-order chi connectivity index (χ0) is 24.5. The Labute approximate surface area is 215 Å². The van der Waals surface area contributed by atoms with Crippen molar-refractivity contribution in [3.8, 4) is 0 Å². The van der Waals surface area contributed by atoms with Crippen molar-refractivity contribution >= 4 is 46.8 Å². The maximum Gasteiger partial charge on any atom is 0.242 e. The van der Waals surface area contributed by atoms with Crippen LogP contribution >= 0.6 is 35.0 Å². The molecule has 3 aromatic carbocycles. The highest BCUT2D eigenvalue weighted by Gasteiger charge is 2.29. The fraction of sp³-hybridized carbons (Fsp3) is 0.259. The number of amides is 2. The molecule has 1 N–H and O–H groups in total. The van der Waals surface area contributed by atoms with E-state index < -0.39 is 6.04 Å². The van der Waals surface area contributed by atoms with Crippen molar-refractivity contribution in [2.45, 2.75) is 31.7 Å². The molecule has 0 heterocycles. The molecular weight excluding hydrogens is 487 g/mol. The summed E-state index contributed by atoms with van der Waals surface area (Å²) in [5, 5.41) is 3.74. The van der Waals surface area contributed by atoms with Crippen molar-refractivity contribution in [3.05, 3.63) is 105 Å². The van der Waals surface area contributed by atoms with Gasteiger partial charge in [0.1, 0.15) is 6.04 Å². The van der Waals surface area contributed by atoms with Crippen LogP contribution in [-0.2, 0) is 28.3 Å². The van der Waals surface area contributed by atoms with Gasteiger partial charge in [-0.15, -0.1) is 11.8 Å². The number of carbonyl (C=O) groups is 2. The van der Waals surface area contributed by atoms with Crippen LogP contribution in [-0.4, -0.2) is 35.6 Å². The van der Waals surface area contributed by atoms with Gasteiger partial charge in [-0.25, -0.2) is 0 Å². The van der Waals surface area contributed by atoms with Gasteiger partial charge in [0.05, 0.1) is 15.8 Å². The fourth-order valence-corrected chi connectivity index (χ4v) is 4.76. The lowest BCUT2D eigenvalue weighted by Crippen LogP contribution is -2.50. The maximum atomic E-state index is 13.5. The van der Waals surface area contributed by atoms with Gasteiger partial charge in [0, 0.05) is 25.8 Å². The molecule has 0 bridgehead atoms. The molecule has 0 radical (unpaired) electrons. The second-order valence-corrected chi connectivity index (χ2v) is 9.87. The summed E-state index contributed by atoms with van der Waals surface area (Å²) in [6.07, 6.45) is 0.440. The molecule has 1 atom stereocenters. The Balaban J connectivity index is 1.79. The topological polar surface area (TPSA) is 49.4 Å². The molecule has 0 unspecified atom stereocenters. The van der Waals surface area contributed by atoms with Crippen molar-refractivity contribution in [3.63, 3.8) is 0 Å². The van der Waals surface area contributed by atoms with Crippen LogP contribution in [0.25, 0.3) is 0 Å². The van der Waals surface area contributed by atoms with Crippen molar-refractivity contribution in [2.24, 2.45) is 0 Å². The van der Waals surface area contributed by atoms with Crippen LogP contribution in [0.3, 0.4) is 0 Å². The summed E-state index contributed by atoms with van der Waals surface area (Å²) in [7, 11) is 1.61. The second-order valence-electron chi connectivity index (χ2n) is 8.07. The number of likely N-dealkylation sites (N-methyl/N-ethyl adjacent to an activating group) is 1. The first-order valence-corrected chi connectivity index (χ1v) is 12.9. The summed E-state index contributed by atoms with van der Waals surface area (Å²) >= 11 is 13.6. The van der Waals surface area contributed by atoms with Crippen LogP contribution in [0.4, 0.5) is 0 Å². The van der Waals surface area contributed by atoms with E-state index >= 15 is 0 Å². The van der Waals surface area contributed by atoms with E-state index in [0.29, 0.717) is 28.8 Å². The third kappa shape index (κ3) is 7.52. The van der Waals surface area contributed by atoms with E-state index in [9.17, 15) is 9.59 Å². The Hall–Kier alpha value is -2.47. The minimum absolute atomic E-state index is 0.0878. The molecule has 0 fully saturated rings. The molecule has 2 amide bonds. The maximum absolute atomic E-state index is 13.5. The van der Waals surface area contributed by atoms with Crippen molar-refractivity contribution in [2.75, 3.05) is 12.8 Å². The summed E-state index contributed by atoms with van der Waals surface area (Å²) in [5.74, 6) is 0.590. The molecule has 0 aliphatic heterocycles. The third-order valence-corrected chi connectivity index (χ3v) is 7.20. The molecule has 0 spiro atoms. The summed E-state index contributed by atoms with van der Waals surface area (Å²) < 4.78 is 0. The quantitative estimate of drug-likeness (QED) is 0.365. The molecule has 0 aliphatic rings. The van der Waals surface area contributed by atoms with E-state index in [0.717, 1.165) is 22.3 Å². The first-order valence-electron chi connectivity index (χ1n) is 11.0. The normalized spacial score (nSPS) is 11.6. The number of nitrogens with zero attached hydrogens (tertiary/aromatic N) is 1. The van der Waals surface area contributed by atoms with Gasteiger partial charge in [-0.2, -0.15) is 0 Å². The second kappa shape index (κ2) is 12.8. The van der Waals surface area contributed by atoms with E-state index in [-0.39, 0.29) is 17.6 Å². The fourth-order valence-electron chi connectivity index (χ4n) is 3.58. The molecule has 0 aromatic heterocycles. The summed E-state index contributed by atoms with van der Waals surface area (Å²) in [4.78, 5) is 28.1. The number of benzene rings is 3. The highest BCUT2D eigenvalue weighted by Crippen LogP contribution is 2.25. The zero-order valence-corrected chi connectivity index (χ0v) is 21.6. The standard InChI is InChI=1S/C27H28Cl2N2O2S/c1-19-8-10-21(11-9-19)16-31(25(27(33)30-2)15-20-6-4-3-5-7-20)26(32)18-34-17-22-12-13-23(28)24(29)14-22/h3-14,25H,15-18H2,1-2H3,(H,30,33)/t25-/m0/s1. The molecular formula is C27H28Cl2N2O2S. The van der Waals surface area contributed by atoms with Crippen LogP contribution in [0.15, 0.2) is 72.8 Å². The third-order valence-electron chi connectivity index (χ3n) is 5.47. The molecule has 3 aromatic rings. The lowest BCUT2D eigenvalue weighted by molar-refractivity contribution is -0.139. The smallest absolute Gasteiger partial charge is 0.242 e. The number of hydrogen-bond acceptors (Lipinski definition) is 3. The monoisotopic (exact) mass is 514 g/mol. The molecule has 0 saturated carbocycles. The molecule has 0 saturated heterocycles. The minimum atomic E-state index is -0.619. The summed E-state index contributed by atoms with van der Waals surface area (Å²) in [6, 6.07) is 22.7. The highest BCUT2D eigenvalue weighted by molar-refractivity contribution is 7.99. The van der Waals surface area contributed by atoms with Gasteiger partial charge in [-0.05, 0) is 35.7 Å². The minimum Gasteiger partial charge on any atom is -0.357 e. The summed E-state index contributed by atoms with van der Waals surface area (Å²) in [5.41, 5.74) is 4.12. The largest absolute Gasteiger partial charge is 0.357 e. The predicted molar refractivity (Wildman–Crippen MR) is 142 cm³/mol. The highest BCUT2D eigenvalue weighted by atomic mass is 35.5. The van der Waals surface area contributed by atoms with Gasteiger partial charge in [0.25, 0.3) is 0 Å². The van der Waals surface area contributed by atoms with E-state index in [1.54, 1.807) is 18.0 Å². The Morgan fingerprint density at radius 1 is 0.912 bits per heavy atom. The molecule has 34 heavy (non-hydrogen) atoms. The van der Waals surface area contributed by atoms with Crippen molar-refractivity contribution < 1.29 is 9.59 Å². The van der Waals surface area contributed by atoms with Gasteiger partial charge in [-0.1, -0.05) is 89.4 Å². The van der Waals surface area contributed by atoms with Crippen LogP contribution < -0.4 is 5.32 Å². The van der Waals surface area contributed by atoms with Gasteiger partial charge >= 0.3 is 0 Å². The van der Waals surface area contributed by atoms with Crippen molar-refractivity contribution in [1.29, 1.82) is 0 Å². The van der Waals surface area contributed by atoms with Crippen LogP contribution in [0.2, 0.25) is 10.0 Å². The molecule has 178 valence electrons. The van der Waals surface area contributed by atoms with Crippen LogP contribution in [0, 0.1) is 6.92 Å². The average Bonchev–Trinajstić information content (AvgIpc) is 2.84. The van der Waals surface area contributed by atoms with Crippen molar-refractivity contribution in [1.82, 2.24) is 10.2 Å². The average molecular weight is 516 g/mol.